The Bertz CT molecular complexity index is 1080. The van der Waals surface area contributed by atoms with E-state index in [1.165, 1.54) is 9.47 Å². The Labute approximate surface area is 192 Å². The molecule has 33 heavy (non-hydrogen) atoms. The number of aromatic amines is 1. The van der Waals surface area contributed by atoms with Gasteiger partial charge < -0.3 is 15.2 Å². The number of aromatic nitrogens is 5. The van der Waals surface area contributed by atoms with E-state index >= 15 is 0 Å². The van der Waals surface area contributed by atoms with Crippen molar-refractivity contribution in [1.82, 2.24) is 24.3 Å². The summed E-state index contributed by atoms with van der Waals surface area (Å²) in [7, 11) is 1.15. The number of unbranched alkanes of at least 4 members (excludes halogenated alkanes) is 3. The number of carbonyl (C=O) groups excluding carboxylic acids is 1. The van der Waals surface area contributed by atoms with Gasteiger partial charge >= 0.3 is 11.9 Å². The predicted molar refractivity (Wildman–Crippen MR) is 119 cm³/mol. The molecule has 2 rings (SSSR count). The molecule has 0 aliphatic rings. The van der Waals surface area contributed by atoms with Crippen LogP contribution in [0.4, 0.5) is 24.7 Å². The fourth-order valence-electron chi connectivity index (χ4n) is 3.15. The van der Waals surface area contributed by atoms with Crippen LogP contribution in [0.1, 0.15) is 51.8 Å². The number of alkyl halides is 3. The van der Waals surface area contributed by atoms with E-state index in [4.69, 9.17) is 5.73 Å². The molecule has 1 amide bonds. The van der Waals surface area contributed by atoms with E-state index in [0.717, 1.165) is 42.6 Å². The smallest absolute Gasteiger partial charge is 0.383 e. The second kappa shape index (κ2) is 11.4. The van der Waals surface area contributed by atoms with Crippen LogP contribution in [0.15, 0.2) is 14.7 Å². The number of nitrogens with one attached hydrogen (secondary N) is 1. The Morgan fingerprint density at radius 2 is 1.82 bits per heavy atom. The average molecular weight is 492 g/mol. The number of thioether (sulfide) groups is 1. The fraction of sp³-hybridized carbons (Fsp3) is 0.632. The predicted octanol–water partition coefficient (Wildman–Crippen LogP) is 2.38. The number of anilines is 2. The highest BCUT2D eigenvalue weighted by atomic mass is 32.2. The average Bonchev–Trinajstić information content (AvgIpc) is 3.11. The molecule has 0 aliphatic carbocycles. The monoisotopic (exact) mass is 491 g/mol. The van der Waals surface area contributed by atoms with E-state index in [0.29, 0.717) is 12.8 Å². The van der Waals surface area contributed by atoms with E-state index in [-0.39, 0.29) is 35.5 Å². The minimum atomic E-state index is -4.68. The Balaban J connectivity index is 2.35. The number of hydrogen-bond donors (Lipinski definition) is 2. The molecule has 2 aromatic heterocycles. The summed E-state index contributed by atoms with van der Waals surface area (Å²) in [6.07, 6.45) is -1.04. The maximum Gasteiger partial charge on any atom is 0.451 e. The molecule has 3 N–H and O–H groups in total. The summed E-state index contributed by atoms with van der Waals surface area (Å²) in [6.45, 7) is 4.34. The van der Waals surface area contributed by atoms with Gasteiger partial charge in [0.25, 0.3) is 5.56 Å². The molecule has 10 nitrogen and oxygen atoms in total. The third-order valence-corrected chi connectivity index (χ3v) is 5.92. The van der Waals surface area contributed by atoms with Crippen molar-refractivity contribution in [1.29, 1.82) is 0 Å². The SMILES string of the molecule is CCCCCN(C(=O)CSc1nnc(C(F)(F)F)n1C)c1c(N)n(CCCC)c(=O)[nH]c1=O. The molecule has 0 saturated carbocycles. The minimum absolute atomic E-state index is 0.0982. The number of nitrogens with two attached hydrogens (primary N) is 1. The first-order chi connectivity index (χ1) is 15.5. The molecule has 0 aromatic carbocycles. The zero-order valence-corrected chi connectivity index (χ0v) is 19.6. The molecule has 184 valence electrons. The standard InChI is InChI=1S/C19H28F3N7O3S/c1-4-6-8-10-28(13-14(23)29(9-7-5-2)17(32)24-15(13)31)12(30)11-33-18-26-25-16(27(18)3)19(20,21)22/h4-11,23H2,1-3H3,(H,24,31,32). The number of nitrogens with zero attached hydrogens (tertiary/aromatic N) is 5. The number of halogens is 3. The van der Waals surface area contributed by atoms with Crippen LogP contribution in [0.25, 0.3) is 0 Å². The zero-order valence-electron chi connectivity index (χ0n) is 18.7. The van der Waals surface area contributed by atoms with Crippen molar-refractivity contribution in [3.63, 3.8) is 0 Å². The van der Waals surface area contributed by atoms with Gasteiger partial charge in [-0.15, -0.1) is 10.2 Å². The Kier molecular flexibility index (Phi) is 9.14. The lowest BCUT2D eigenvalue weighted by atomic mass is 10.2. The number of nitrogen functional groups attached to an aromatic ring is 1. The summed E-state index contributed by atoms with van der Waals surface area (Å²) in [4.78, 5) is 41.3. The van der Waals surface area contributed by atoms with E-state index in [9.17, 15) is 27.6 Å². The largest absolute Gasteiger partial charge is 0.451 e. The lowest BCUT2D eigenvalue weighted by molar-refractivity contribution is -0.147. The normalized spacial score (nSPS) is 11.7. The van der Waals surface area contributed by atoms with Gasteiger partial charge in [-0.25, -0.2) is 4.79 Å². The van der Waals surface area contributed by atoms with Crippen LogP contribution < -0.4 is 21.9 Å². The Hall–Kier alpha value is -2.77. The van der Waals surface area contributed by atoms with Crippen molar-refractivity contribution < 1.29 is 18.0 Å². The second-order valence-corrected chi connectivity index (χ2v) is 8.34. The lowest BCUT2D eigenvalue weighted by Gasteiger charge is -2.24. The van der Waals surface area contributed by atoms with E-state index in [1.54, 1.807) is 0 Å². The Morgan fingerprint density at radius 1 is 1.15 bits per heavy atom. The van der Waals surface area contributed by atoms with Gasteiger partial charge in [0.1, 0.15) is 5.82 Å². The number of amides is 1. The number of rotatable bonds is 11. The van der Waals surface area contributed by atoms with Crippen molar-refractivity contribution in [3.05, 3.63) is 26.7 Å². The molecule has 0 atom stereocenters. The fourth-order valence-corrected chi connectivity index (χ4v) is 3.94. The molecule has 2 aromatic rings. The van der Waals surface area contributed by atoms with Crippen molar-refractivity contribution >= 4 is 29.2 Å². The van der Waals surface area contributed by atoms with Crippen LogP contribution in [0.2, 0.25) is 0 Å². The van der Waals surface area contributed by atoms with Crippen molar-refractivity contribution in [3.8, 4) is 0 Å². The summed E-state index contributed by atoms with van der Waals surface area (Å²) in [5.41, 5.74) is 4.55. The van der Waals surface area contributed by atoms with Crippen LogP contribution in [0, 0.1) is 0 Å². The molecule has 0 unspecified atom stereocenters. The molecule has 0 saturated heterocycles. The van der Waals surface area contributed by atoms with Gasteiger partial charge in [0.15, 0.2) is 10.8 Å². The van der Waals surface area contributed by atoms with Crippen molar-refractivity contribution in [2.24, 2.45) is 7.05 Å². The molecule has 0 spiro atoms. The van der Waals surface area contributed by atoms with Crippen LogP contribution in [0.3, 0.4) is 0 Å². The molecule has 0 fully saturated rings. The molecular weight excluding hydrogens is 463 g/mol. The Morgan fingerprint density at radius 3 is 2.39 bits per heavy atom. The van der Waals surface area contributed by atoms with Crippen LogP contribution >= 0.6 is 11.8 Å². The summed E-state index contributed by atoms with van der Waals surface area (Å²) in [6, 6.07) is 0. The van der Waals surface area contributed by atoms with Crippen LogP contribution in [0.5, 0.6) is 0 Å². The first-order valence-corrected chi connectivity index (χ1v) is 11.5. The van der Waals surface area contributed by atoms with Gasteiger partial charge in [0, 0.05) is 20.1 Å². The topological polar surface area (TPSA) is 132 Å². The van der Waals surface area contributed by atoms with E-state index in [1.807, 2.05) is 13.8 Å². The summed E-state index contributed by atoms with van der Waals surface area (Å²) in [5.74, 6) is -2.15. The van der Waals surface area contributed by atoms with Gasteiger partial charge in [0.05, 0.1) is 5.75 Å². The van der Waals surface area contributed by atoms with Crippen LogP contribution in [-0.4, -0.2) is 42.5 Å². The van der Waals surface area contributed by atoms with Crippen molar-refractivity contribution in [2.45, 2.75) is 63.8 Å². The number of carbonyl (C=O) groups is 1. The third kappa shape index (κ3) is 6.39. The maximum atomic E-state index is 13.1. The highest BCUT2D eigenvalue weighted by molar-refractivity contribution is 7.99. The van der Waals surface area contributed by atoms with E-state index < -0.39 is 29.2 Å². The summed E-state index contributed by atoms with van der Waals surface area (Å²) in [5, 5.41) is 6.54. The van der Waals surface area contributed by atoms with Gasteiger partial charge in [-0.3, -0.25) is 19.1 Å². The lowest BCUT2D eigenvalue weighted by Crippen LogP contribution is -2.42. The highest BCUT2D eigenvalue weighted by Crippen LogP contribution is 2.30. The minimum Gasteiger partial charge on any atom is -0.383 e. The highest BCUT2D eigenvalue weighted by Gasteiger charge is 2.37. The maximum absolute atomic E-state index is 13.1. The quantitative estimate of drug-likeness (QED) is 0.364. The molecule has 0 aliphatic heterocycles. The third-order valence-electron chi connectivity index (χ3n) is 4.92. The molecular formula is C19H28F3N7O3S. The molecule has 2 heterocycles. The van der Waals surface area contributed by atoms with Gasteiger partial charge in [-0.05, 0) is 12.8 Å². The number of H-pyrrole nitrogens is 1. The van der Waals surface area contributed by atoms with Crippen LogP contribution in [-0.2, 0) is 24.6 Å². The van der Waals surface area contributed by atoms with Gasteiger partial charge in [0.2, 0.25) is 11.7 Å². The van der Waals surface area contributed by atoms with E-state index in [2.05, 4.69) is 15.2 Å². The number of hydrogen-bond acceptors (Lipinski definition) is 7. The second-order valence-electron chi connectivity index (χ2n) is 7.40. The summed E-state index contributed by atoms with van der Waals surface area (Å²) < 4.78 is 40.8. The molecule has 0 bridgehead atoms. The molecule has 0 radical (unpaired) electrons. The van der Waals surface area contributed by atoms with Gasteiger partial charge in [-0.1, -0.05) is 44.9 Å². The van der Waals surface area contributed by atoms with Gasteiger partial charge in [-0.2, -0.15) is 13.2 Å². The first-order valence-electron chi connectivity index (χ1n) is 10.5. The first kappa shape index (κ1) is 26.5. The summed E-state index contributed by atoms with van der Waals surface area (Å²) >= 11 is 0.764. The van der Waals surface area contributed by atoms with Crippen molar-refractivity contribution in [2.75, 3.05) is 22.9 Å². The molecule has 14 heteroatoms. The zero-order chi connectivity index (χ0) is 24.8.